The third-order valence-electron chi connectivity index (χ3n) is 7.09. The molecule has 1 N–H and O–H groups in total. The van der Waals surface area contributed by atoms with E-state index in [0.717, 1.165) is 44.3 Å². The van der Waals surface area contributed by atoms with E-state index in [-0.39, 0.29) is 11.3 Å². The van der Waals surface area contributed by atoms with E-state index in [9.17, 15) is 14.7 Å². The Kier molecular flexibility index (Phi) is 10.4. The van der Waals surface area contributed by atoms with Gasteiger partial charge in [0, 0.05) is 31.7 Å². The zero-order chi connectivity index (χ0) is 27.6. The Morgan fingerprint density at radius 1 is 0.923 bits per heavy atom. The summed E-state index contributed by atoms with van der Waals surface area (Å²) in [5.74, 6) is -0.112. The minimum atomic E-state index is -0.721. The second kappa shape index (κ2) is 14.1. The molecule has 2 aliphatic rings. The summed E-state index contributed by atoms with van der Waals surface area (Å²) in [5, 5.41) is 11.4. The number of unbranched alkanes of at least 4 members (excludes halogenated alkanes) is 2. The number of aliphatic hydroxyl groups is 1. The van der Waals surface area contributed by atoms with Crippen molar-refractivity contribution in [1.29, 1.82) is 0 Å². The van der Waals surface area contributed by atoms with Crippen LogP contribution >= 0.6 is 0 Å². The lowest BCUT2D eigenvalue weighted by molar-refractivity contribution is -0.140. The van der Waals surface area contributed by atoms with Crippen LogP contribution in [0.15, 0.2) is 54.1 Å². The lowest BCUT2D eigenvalue weighted by atomic mass is 9.95. The zero-order valence-electron chi connectivity index (χ0n) is 23.1. The number of ether oxygens (including phenoxy) is 3. The molecule has 2 aliphatic heterocycles. The molecular formula is C31H40N2O6. The molecule has 0 saturated carbocycles. The number of amides is 1. The van der Waals surface area contributed by atoms with Crippen molar-refractivity contribution in [2.24, 2.45) is 0 Å². The van der Waals surface area contributed by atoms with Crippen LogP contribution in [0.3, 0.4) is 0 Å². The van der Waals surface area contributed by atoms with E-state index in [1.54, 1.807) is 29.2 Å². The first-order valence-electron chi connectivity index (χ1n) is 14.1. The van der Waals surface area contributed by atoms with Crippen LogP contribution in [0.2, 0.25) is 0 Å². The fraction of sp³-hybridized carbons (Fsp3) is 0.484. The number of aliphatic hydroxyl groups excluding tert-OH is 1. The van der Waals surface area contributed by atoms with Crippen molar-refractivity contribution < 1.29 is 28.9 Å². The Balaban J connectivity index is 1.66. The molecule has 0 aromatic heterocycles. The monoisotopic (exact) mass is 536 g/mol. The van der Waals surface area contributed by atoms with Crippen molar-refractivity contribution in [1.82, 2.24) is 9.80 Å². The number of hydrogen-bond donors (Lipinski definition) is 1. The molecule has 0 spiro atoms. The fourth-order valence-corrected chi connectivity index (χ4v) is 4.93. The zero-order valence-corrected chi connectivity index (χ0v) is 23.1. The number of morpholine rings is 1. The summed E-state index contributed by atoms with van der Waals surface area (Å²) in [6, 6.07) is 13.7. The van der Waals surface area contributed by atoms with Gasteiger partial charge in [0.2, 0.25) is 0 Å². The molecule has 2 fully saturated rings. The Morgan fingerprint density at radius 3 is 2.38 bits per heavy atom. The summed E-state index contributed by atoms with van der Waals surface area (Å²) in [6.45, 7) is 9.20. The van der Waals surface area contributed by atoms with Crippen molar-refractivity contribution >= 4 is 17.4 Å². The molecule has 8 heteroatoms. The van der Waals surface area contributed by atoms with Crippen molar-refractivity contribution in [3.63, 3.8) is 0 Å². The molecule has 1 atom stereocenters. The quantitative estimate of drug-likeness (QED) is 0.170. The van der Waals surface area contributed by atoms with Crippen LogP contribution in [0.1, 0.15) is 56.7 Å². The van der Waals surface area contributed by atoms with Crippen LogP contribution in [0.25, 0.3) is 5.76 Å². The number of rotatable bonds is 13. The van der Waals surface area contributed by atoms with Gasteiger partial charge in [0.15, 0.2) is 0 Å². The smallest absolute Gasteiger partial charge is 0.295 e. The first-order valence-corrected chi connectivity index (χ1v) is 14.1. The lowest BCUT2D eigenvalue weighted by Crippen LogP contribution is -2.42. The van der Waals surface area contributed by atoms with E-state index in [0.29, 0.717) is 56.6 Å². The van der Waals surface area contributed by atoms with Gasteiger partial charge in [-0.05, 0) is 54.8 Å². The van der Waals surface area contributed by atoms with Gasteiger partial charge in [-0.2, -0.15) is 0 Å². The predicted molar refractivity (Wildman–Crippen MR) is 150 cm³/mol. The first-order chi connectivity index (χ1) is 19.0. The summed E-state index contributed by atoms with van der Waals surface area (Å²) in [5.41, 5.74) is 1.28. The average molecular weight is 537 g/mol. The Bertz CT molecular complexity index is 1140. The maximum absolute atomic E-state index is 13.4. The van der Waals surface area contributed by atoms with Crippen molar-refractivity contribution in [2.45, 2.75) is 45.6 Å². The molecule has 4 rings (SSSR count). The molecule has 1 amide bonds. The van der Waals surface area contributed by atoms with Gasteiger partial charge in [-0.15, -0.1) is 0 Å². The highest BCUT2D eigenvalue weighted by Gasteiger charge is 2.46. The predicted octanol–water partition coefficient (Wildman–Crippen LogP) is 4.80. The Morgan fingerprint density at radius 2 is 1.67 bits per heavy atom. The van der Waals surface area contributed by atoms with Gasteiger partial charge in [0.1, 0.15) is 17.3 Å². The molecule has 2 aromatic carbocycles. The maximum atomic E-state index is 13.4. The molecule has 2 heterocycles. The summed E-state index contributed by atoms with van der Waals surface area (Å²) in [6.07, 6.45) is 4.03. The molecule has 2 saturated heterocycles. The number of likely N-dealkylation sites (tertiary alicyclic amines) is 1. The average Bonchev–Trinajstić information content (AvgIpc) is 3.23. The van der Waals surface area contributed by atoms with Crippen molar-refractivity contribution in [3.8, 4) is 11.5 Å². The number of benzene rings is 2. The lowest BCUT2D eigenvalue weighted by Gasteiger charge is -2.31. The van der Waals surface area contributed by atoms with Crippen LogP contribution in [0.4, 0.5) is 0 Å². The summed E-state index contributed by atoms with van der Waals surface area (Å²) >= 11 is 0. The topological polar surface area (TPSA) is 88.5 Å². The largest absolute Gasteiger partial charge is 0.507 e. The second-order valence-electron chi connectivity index (χ2n) is 9.95. The second-order valence-corrected chi connectivity index (χ2v) is 9.95. The van der Waals surface area contributed by atoms with Gasteiger partial charge < -0.3 is 24.2 Å². The van der Waals surface area contributed by atoms with E-state index in [2.05, 4.69) is 11.8 Å². The molecule has 8 nitrogen and oxygen atoms in total. The van der Waals surface area contributed by atoms with E-state index in [1.807, 2.05) is 31.2 Å². The molecule has 0 radical (unpaired) electrons. The van der Waals surface area contributed by atoms with Crippen LogP contribution in [-0.4, -0.2) is 79.2 Å². The van der Waals surface area contributed by atoms with Crippen LogP contribution < -0.4 is 9.47 Å². The molecule has 210 valence electrons. The van der Waals surface area contributed by atoms with Gasteiger partial charge in [0.05, 0.1) is 38.0 Å². The maximum Gasteiger partial charge on any atom is 0.295 e. The summed E-state index contributed by atoms with van der Waals surface area (Å²) in [4.78, 5) is 30.6. The molecule has 2 aromatic rings. The van der Waals surface area contributed by atoms with Crippen LogP contribution in [0, 0.1) is 0 Å². The highest BCUT2D eigenvalue weighted by molar-refractivity contribution is 6.46. The first kappa shape index (κ1) is 28.6. The summed E-state index contributed by atoms with van der Waals surface area (Å²) < 4.78 is 17.1. The Labute approximate surface area is 231 Å². The molecule has 0 bridgehead atoms. The molecule has 1 unspecified atom stereocenters. The van der Waals surface area contributed by atoms with Gasteiger partial charge >= 0.3 is 0 Å². The van der Waals surface area contributed by atoms with Crippen molar-refractivity contribution in [3.05, 3.63) is 65.2 Å². The van der Waals surface area contributed by atoms with Crippen molar-refractivity contribution in [2.75, 3.05) is 52.6 Å². The van der Waals surface area contributed by atoms with Gasteiger partial charge in [-0.1, -0.05) is 38.8 Å². The minimum Gasteiger partial charge on any atom is -0.507 e. The third-order valence-corrected chi connectivity index (χ3v) is 7.09. The minimum absolute atomic E-state index is 0.0901. The van der Waals surface area contributed by atoms with Crippen LogP contribution in [0.5, 0.6) is 11.5 Å². The number of Topliss-reactive ketones (excluding diaryl/α,β-unsaturated/α-hetero) is 1. The number of carbonyl (C=O) groups is 2. The number of ketones is 1. The third kappa shape index (κ3) is 7.19. The fourth-order valence-electron chi connectivity index (χ4n) is 4.93. The highest BCUT2D eigenvalue weighted by atomic mass is 16.5. The Hall–Kier alpha value is -3.36. The van der Waals surface area contributed by atoms with E-state index < -0.39 is 17.7 Å². The SMILES string of the molecule is CCCCCOc1cccc(C2/C(=C(\O)c3ccc(OCCC)cc3)C(=O)C(=O)N2CCN2CCOCC2)c1. The summed E-state index contributed by atoms with van der Waals surface area (Å²) in [7, 11) is 0. The highest BCUT2D eigenvalue weighted by Crippen LogP contribution is 2.40. The van der Waals surface area contributed by atoms with E-state index in [1.165, 1.54) is 0 Å². The standard InChI is InChI=1S/C31H40N2O6/c1-3-5-6-19-39-26-9-7-8-24(22-26)28-27(29(34)23-10-12-25(13-11-23)38-18-4-2)30(35)31(36)33(28)15-14-32-16-20-37-21-17-32/h7-13,22,28,34H,3-6,14-21H2,1-2H3/b29-27+. The normalized spacial score (nSPS) is 19.4. The molecule has 0 aliphatic carbocycles. The van der Waals surface area contributed by atoms with E-state index in [4.69, 9.17) is 14.2 Å². The van der Waals surface area contributed by atoms with Gasteiger partial charge in [0.25, 0.3) is 11.7 Å². The molecule has 39 heavy (non-hydrogen) atoms. The van der Waals surface area contributed by atoms with Gasteiger partial charge in [-0.3, -0.25) is 14.5 Å². The van der Waals surface area contributed by atoms with Crippen LogP contribution in [-0.2, 0) is 14.3 Å². The number of carbonyl (C=O) groups excluding carboxylic acids is 2. The number of nitrogens with zero attached hydrogens (tertiary/aromatic N) is 2. The van der Waals surface area contributed by atoms with E-state index >= 15 is 0 Å². The molecular weight excluding hydrogens is 496 g/mol. The van der Waals surface area contributed by atoms with Gasteiger partial charge in [-0.25, -0.2) is 0 Å². The number of hydrogen-bond acceptors (Lipinski definition) is 7.